The number of nitrogens with zero attached hydrogens (tertiary/aromatic N) is 2. The average molecular weight is 331 g/mol. The highest BCUT2D eigenvalue weighted by atomic mass is 32.2. The molecule has 23 heavy (non-hydrogen) atoms. The van der Waals surface area contributed by atoms with E-state index in [1.165, 1.54) is 17.8 Å². The Labute approximate surface area is 135 Å². The first kappa shape index (κ1) is 15.5. The van der Waals surface area contributed by atoms with Crippen LogP contribution in [0.15, 0.2) is 47.6 Å². The van der Waals surface area contributed by atoms with Crippen LogP contribution in [-0.4, -0.2) is 37.1 Å². The van der Waals surface area contributed by atoms with Crippen LogP contribution in [-0.2, 0) is 22.8 Å². The molecule has 1 aromatic carbocycles. The Morgan fingerprint density at radius 3 is 2.57 bits per heavy atom. The average Bonchev–Trinajstić information content (AvgIpc) is 2.54. The first-order chi connectivity index (χ1) is 10.9. The fourth-order valence-electron chi connectivity index (χ4n) is 2.55. The van der Waals surface area contributed by atoms with Crippen LogP contribution >= 0.6 is 0 Å². The van der Waals surface area contributed by atoms with Crippen molar-refractivity contribution in [3.63, 3.8) is 0 Å². The zero-order valence-corrected chi connectivity index (χ0v) is 13.5. The minimum atomic E-state index is -3.34. The van der Waals surface area contributed by atoms with Gasteiger partial charge >= 0.3 is 6.03 Å². The maximum absolute atomic E-state index is 12.3. The van der Waals surface area contributed by atoms with Gasteiger partial charge in [0.1, 0.15) is 0 Å². The molecule has 0 aliphatic carbocycles. The van der Waals surface area contributed by atoms with E-state index in [2.05, 4.69) is 16.4 Å². The number of anilines is 1. The Balaban J connectivity index is 1.68. The van der Waals surface area contributed by atoms with Gasteiger partial charge in [-0.1, -0.05) is 24.3 Å². The number of hydrogen-bond donors (Lipinski definition) is 1. The number of fused-ring (bicyclic) bond motifs is 1. The van der Waals surface area contributed by atoms with Crippen LogP contribution in [0.5, 0.6) is 0 Å². The zero-order chi connectivity index (χ0) is 16.4. The molecule has 2 amide bonds. The van der Waals surface area contributed by atoms with Crippen molar-refractivity contribution in [3.05, 3.63) is 53.7 Å². The summed E-state index contributed by atoms with van der Waals surface area (Å²) < 4.78 is 22.7. The molecule has 0 bridgehead atoms. The predicted molar refractivity (Wildman–Crippen MR) is 86.9 cm³/mol. The predicted octanol–water partition coefficient (Wildman–Crippen LogP) is 2.08. The van der Waals surface area contributed by atoms with E-state index >= 15 is 0 Å². The molecule has 0 saturated carbocycles. The molecule has 0 fully saturated rings. The van der Waals surface area contributed by atoms with Gasteiger partial charge in [0, 0.05) is 19.3 Å². The lowest BCUT2D eigenvalue weighted by Gasteiger charge is -2.28. The normalized spacial score (nSPS) is 14.2. The molecule has 0 unspecified atom stereocenters. The van der Waals surface area contributed by atoms with Gasteiger partial charge in [-0.2, -0.15) is 0 Å². The van der Waals surface area contributed by atoms with E-state index in [1.54, 1.807) is 11.0 Å². The number of nitrogens with one attached hydrogen (secondary N) is 1. The maximum Gasteiger partial charge on any atom is 0.322 e. The first-order valence-electron chi connectivity index (χ1n) is 7.22. The van der Waals surface area contributed by atoms with Crippen molar-refractivity contribution < 1.29 is 13.2 Å². The third-order valence-electron chi connectivity index (χ3n) is 3.79. The number of carbonyl (C=O) groups is 1. The lowest BCUT2D eigenvalue weighted by atomic mass is 10.0. The van der Waals surface area contributed by atoms with Crippen LogP contribution in [0, 0.1) is 0 Å². The Morgan fingerprint density at radius 2 is 1.91 bits per heavy atom. The number of aromatic nitrogens is 1. The highest BCUT2D eigenvalue weighted by molar-refractivity contribution is 7.90. The quantitative estimate of drug-likeness (QED) is 0.914. The van der Waals surface area contributed by atoms with Crippen LogP contribution in [0.25, 0.3) is 0 Å². The van der Waals surface area contributed by atoms with Gasteiger partial charge in [0.25, 0.3) is 0 Å². The fraction of sp³-hybridized carbons (Fsp3) is 0.250. The van der Waals surface area contributed by atoms with Crippen molar-refractivity contribution in [2.75, 3.05) is 18.1 Å². The van der Waals surface area contributed by atoms with Crippen molar-refractivity contribution in [1.29, 1.82) is 0 Å². The van der Waals surface area contributed by atoms with Gasteiger partial charge in [0.05, 0.1) is 11.9 Å². The Kier molecular flexibility index (Phi) is 4.04. The highest BCUT2D eigenvalue weighted by Crippen LogP contribution is 2.19. The maximum atomic E-state index is 12.3. The molecule has 0 atom stereocenters. The van der Waals surface area contributed by atoms with E-state index in [-0.39, 0.29) is 11.1 Å². The number of amides is 2. The number of pyridine rings is 1. The third kappa shape index (κ3) is 3.50. The second kappa shape index (κ2) is 6.00. The molecule has 0 saturated heterocycles. The minimum absolute atomic E-state index is 0.0117. The number of hydrogen-bond acceptors (Lipinski definition) is 4. The van der Waals surface area contributed by atoms with Crippen LogP contribution in [0.2, 0.25) is 0 Å². The van der Waals surface area contributed by atoms with Crippen LogP contribution in [0.1, 0.15) is 11.1 Å². The fourth-order valence-corrected chi connectivity index (χ4v) is 3.10. The molecule has 2 aromatic rings. The molecule has 0 spiro atoms. The van der Waals surface area contributed by atoms with Crippen molar-refractivity contribution in [2.45, 2.75) is 18.0 Å². The van der Waals surface area contributed by atoms with Gasteiger partial charge in [-0.15, -0.1) is 0 Å². The van der Waals surface area contributed by atoms with Crippen LogP contribution in [0.4, 0.5) is 10.5 Å². The molecular formula is C16H17N3O3S. The zero-order valence-electron chi connectivity index (χ0n) is 12.7. The van der Waals surface area contributed by atoms with Gasteiger partial charge in [-0.3, -0.25) is 0 Å². The summed E-state index contributed by atoms with van der Waals surface area (Å²) >= 11 is 0. The Bertz CT molecular complexity index is 832. The number of urea groups is 1. The topological polar surface area (TPSA) is 79.4 Å². The van der Waals surface area contributed by atoms with E-state index < -0.39 is 9.84 Å². The number of sulfone groups is 1. The van der Waals surface area contributed by atoms with Crippen LogP contribution in [0.3, 0.4) is 0 Å². The summed E-state index contributed by atoms with van der Waals surface area (Å²) in [5.74, 6) is 0. The van der Waals surface area contributed by atoms with Gasteiger partial charge < -0.3 is 10.2 Å². The SMILES string of the molecule is CS(=O)(=O)c1ccc(NC(=O)N2CCc3ccccc3C2)cn1. The number of rotatable bonds is 2. The summed E-state index contributed by atoms with van der Waals surface area (Å²) in [6.07, 6.45) is 3.28. The van der Waals surface area contributed by atoms with Crippen molar-refractivity contribution in [1.82, 2.24) is 9.88 Å². The highest BCUT2D eigenvalue weighted by Gasteiger charge is 2.20. The monoisotopic (exact) mass is 331 g/mol. The smallest absolute Gasteiger partial charge is 0.320 e. The second-order valence-electron chi connectivity index (χ2n) is 5.53. The Morgan fingerprint density at radius 1 is 1.17 bits per heavy atom. The van der Waals surface area contributed by atoms with Crippen molar-refractivity contribution in [2.24, 2.45) is 0 Å². The summed E-state index contributed by atoms with van der Waals surface area (Å²) in [4.78, 5) is 17.9. The first-order valence-corrected chi connectivity index (χ1v) is 9.11. The van der Waals surface area contributed by atoms with Crippen LogP contribution < -0.4 is 5.32 Å². The van der Waals surface area contributed by atoms with Gasteiger partial charge in [0.2, 0.25) is 0 Å². The molecule has 2 heterocycles. The summed E-state index contributed by atoms with van der Waals surface area (Å²) in [6, 6.07) is 10.8. The molecule has 6 nitrogen and oxygen atoms in total. The standard InChI is InChI=1S/C16H17N3O3S/c1-23(21,22)15-7-6-14(10-17-15)18-16(20)19-9-8-12-4-2-3-5-13(12)11-19/h2-7,10H,8-9,11H2,1H3,(H,18,20). The van der Waals surface area contributed by atoms with Gasteiger partial charge in [-0.25, -0.2) is 18.2 Å². The summed E-state index contributed by atoms with van der Waals surface area (Å²) in [5.41, 5.74) is 2.90. The van der Waals surface area contributed by atoms with Gasteiger partial charge in [0.15, 0.2) is 14.9 Å². The molecule has 1 aromatic heterocycles. The summed E-state index contributed by atoms with van der Waals surface area (Å²) in [7, 11) is -3.34. The van der Waals surface area contributed by atoms with Gasteiger partial charge in [-0.05, 0) is 29.7 Å². The molecular weight excluding hydrogens is 314 g/mol. The van der Waals surface area contributed by atoms with Crippen molar-refractivity contribution >= 4 is 21.6 Å². The minimum Gasteiger partial charge on any atom is -0.320 e. The molecule has 1 aliphatic rings. The summed E-state index contributed by atoms with van der Waals surface area (Å²) in [6.45, 7) is 1.22. The molecule has 120 valence electrons. The lowest BCUT2D eigenvalue weighted by Crippen LogP contribution is -2.38. The number of carbonyl (C=O) groups excluding carboxylic acids is 1. The van der Waals surface area contributed by atoms with E-state index in [9.17, 15) is 13.2 Å². The van der Waals surface area contributed by atoms with E-state index in [1.807, 2.05) is 18.2 Å². The number of benzene rings is 1. The second-order valence-corrected chi connectivity index (χ2v) is 7.49. The van der Waals surface area contributed by atoms with Crippen molar-refractivity contribution in [3.8, 4) is 0 Å². The molecule has 0 radical (unpaired) electrons. The Hall–Kier alpha value is -2.41. The molecule has 3 rings (SSSR count). The largest absolute Gasteiger partial charge is 0.322 e. The molecule has 1 N–H and O–H groups in total. The van der Waals surface area contributed by atoms with E-state index in [0.29, 0.717) is 18.8 Å². The third-order valence-corrected chi connectivity index (χ3v) is 4.79. The lowest BCUT2D eigenvalue weighted by molar-refractivity contribution is 0.206. The molecule has 7 heteroatoms. The summed E-state index contributed by atoms with van der Waals surface area (Å²) in [5, 5.41) is 2.74. The van der Waals surface area contributed by atoms with E-state index in [4.69, 9.17) is 0 Å². The molecule has 1 aliphatic heterocycles. The van der Waals surface area contributed by atoms with E-state index in [0.717, 1.165) is 18.2 Å².